The molecule has 0 radical (unpaired) electrons. The van der Waals surface area contributed by atoms with Crippen molar-refractivity contribution in [1.29, 1.82) is 0 Å². The first-order valence-corrected chi connectivity index (χ1v) is 14.8. The Morgan fingerprint density at radius 3 is 2.69 bits per heavy atom. The lowest BCUT2D eigenvalue weighted by Crippen LogP contribution is -2.45. The first kappa shape index (κ1) is 30.8. The molecule has 1 amide bonds. The van der Waals surface area contributed by atoms with Gasteiger partial charge in [0.2, 0.25) is 10.2 Å². The third-order valence-corrected chi connectivity index (χ3v) is 7.86. The molecule has 4 aromatic rings. The van der Waals surface area contributed by atoms with E-state index in [1.807, 2.05) is 12.1 Å². The molecule has 42 heavy (non-hydrogen) atoms. The van der Waals surface area contributed by atoms with Gasteiger partial charge in [-0.3, -0.25) is 4.79 Å². The molecule has 0 bridgehead atoms. The Labute approximate surface area is 244 Å². The van der Waals surface area contributed by atoms with Crippen molar-refractivity contribution in [3.63, 3.8) is 0 Å². The maximum atomic E-state index is 12.6. The summed E-state index contributed by atoms with van der Waals surface area (Å²) in [5.74, 6) is -0.0678. The number of hydrogen-bond acceptors (Lipinski definition) is 13. The molecule has 2 heterocycles. The van der Waals surface area contributed by atoms with Crippen LogP contribution in [-0.2, 0) is 48.8 Å². The predicted octanol–water partition coefficient (Wildman–Crippen LogP) is 0.326. The first-order chi connectivity index (χ1) is 20.1. The zero-order valence-electron chi connectivity index (χ0n) is 22.5. The molecule has 0 aliphatic carbocycles. The van der Waals surface area contributed by atoms with Crippen molar-refractivity contribution >= 4 is 43.5 Å². The van der Waals surface area contributed by atoms with Crippen LogP contribution in [0.4, 0.5) is 0 Å². The van der Waals surface area contributed by atoms with E-state index in [1.54, 1.807) is 30.3 Å². The van der Waals surface area contributed by atoms with Crippen LogP contribution >= 0.6 is 11.3 Å². The van der Waals surface area contributed by atoms with Crippen molar-refractivity contribution < 1.29 is 37.0 Å². The normalized spacial score (nSPS) is 12.2. The lowest BCUT2D eigenvalue weighted by atomic mass is 10.2. The quantitative estimate of drug-likeness (QED) is 0.154. The molecule has 0 aliphatic rings. The van der Waals surface area contributed by atoms with Crippen LogP contribution in [0.15, 0.2) is 53.0 Å². The zero-order valence-corrected chi connectivity index (χ0v) is 24.1. The molecule has 2 aromatic carbocycles. The standard InChI is InChI=1S/C25H29N7O8S2/c1-37-24(34)21(15-38-13-16-3-2-4-18(9-16)39-8-7-26)28-23(33)12-32-11-17(30-31-32)14-40-19-5-6-20-22(10-19)41-25(29-20)42(27,35)36/h2-6,9-11,21H,7-8,12-15,26H2,1H3,(H,28,33)(H2,27,35,36)/t21-/m0/s1. The summed E-state index contributed by atoms with van der Waals surface area (Å²) >= 11 is 0.935. The van der Waals surface area contributed by atoms with Crippen LogP contribution in [0.3, 0.4) is 0 Å². The first-order valence-electron chi connectivity index (χ1n) is 12.5. The van der Waals surface area contributed by atoms with Gasteiger partial charge >= 0.3 is 5.97 Å². The molecule has 0 unspecified atom stereocenters. The number of primary sulfonamides is 1. The highest BCUT2D eigenvalue weighted by molar-refractivity contribution is 7.91. The summed E-state index contributed by atoms with van der Waals surface area (Å²) in [7, 11) is -2.68. The predicted molar refractivity (Wildman–Crippen MR) is 150 cm³/mol. The topological polar surface area (TPSA) is 213 Å². The molecule has 17 heteroatoms. The summed E-state index contributed by atoms with van der Waals surface area (Å²) in [4.78, 5) is 28.9. The number of rotatable bonds is 15. The van der Waals surface area contributed by atoms with Gasteiger partial charge in [-0.05, 0) is 35.9 Å². The van der Waals surface area contributed by atoms with Gasteiger partial charge in [-0.1, -0.05) is 17.3 Å². The largest absolute Gasteiger partial charge is 0.492 e. The Kier molecular flexibility index (Phi) is 10.4. The molecule has 5 N–H and O–H groups in total. The second kappa shape index (κ2) is 14.1. The fourth-order valence-corrected chi connectivity index (χ4v) is 5.31. The average molecular weight is 620 g/mol. The fraction of sp³-hybridized carbons (Fsp3) is 0.320. The molecule has 0 saturated heterocycles. The number of fused-ring (bicyclic) bond motifs is 1. The number of esters is 1. The highest BCUT2D eigenvalue weighted by atomic mass is 32.2. The Bertz CT molecular complexity index is 1640. The van der Waals surface area contributed by atoms with Gasteiger partial charge in [0.15, 0.2) is 6.04 Å². The number of aromatic nitrogens is 4. The number of methoxy groups -OCH3 is 1. The number of hydrogen-bond donors (Lipinski definition) is 3. The third kappa shape index (κ3) is 8.67. The number of carbonyl (C=O) groups excluding carboxylic acids is 2. The van der Waals surface area contributed by atoms with Crippen molar-refractivity contribution in [3.05, 3.63) is 59.9 Å². The van der Waals surface area contributed by atoms with Crippen LogP contribution in [0.25, 0.3) is 10.2 Å². The highest BCUT2D eigenvalue weighted by Gasteiger charge is 2.22. The van der Waals surface area contributed by atoms with E-state index in [1.165, 1.54) is 18.0 Å². The molecule has 0 fully saturated rings. The Morgan fingerprint density at radius 1 is 1.12 bits per heavy atom. The van der Waals surface area contributed by atoms with E-state index in [0.29, 0.717) is 40.6 Å². The number of nitrogens with one attached hydrogen (secondary N) is 1. The smallest absolute Gasteiger partial charge is 0.330 e. The summed E-state index contributed by atoms with van der Waals surface area (Å²) in [5, 5.41) is 15.6. The Hall–Kier alpha value is -4.16. The monoisotopic (exact) mass is 619 g/mol. The summed E-state index contributed by atoms with van der Waals surface area (Å²) in [6.07, 6.45) is 1.52. The third-order valence-electron chi connectivity index (χ3n) is 5.52. The molecular formula is C25H29N7O8S2. The number of ether oxygens (including phenoxy) is 4. The summed E-state index contributed by atoms with van der Waals surface area (Å²) in [6.45, 7) is 0.653. The average Bonchev–Trinajstić information content (AvgIpc) is 3.61. The highest BCUT2D eigenvalue weighted by Crippen LogP contribution is 2.28. The van der Waals surface area contributed by atoms with Crippen LogP contribution in [0.1, 0.15) is 11.3 Å². The van der Waals surface area contributed by atoms with E-state index in [9.17, 15) is 18.0 Å². The van der Waals surface area contributed by atoms with Crippen molar-refractivity contribution in [2.24, 2.45) is 10.9 Å². The summed E-state index contributed by atoms with van der Waals surface area (Å²) in [5.41, 5.74) is 7.19. The number of nitrogens with zero attached hydrogens (tertiary/aromatic N) is 4. The molecular weight excluding hydrogens is 590 g/mol. The maximum absolute atomic E-state index is 12.6. The Morgan fingerprint density at radius 2 is 1.93 bits per heavy atom. The van der Waals surface area contributed by atoms with Crippen LogP contribution in [-0.4, -0.2) is 73.2 Å². The van der Waals surface area contributed by atoms with Gasteiger partial charge in [-0.2, -0.15) is 0 Å². The maximum Gasteiger partial charge on any atom is 0.330 e. The minimum Gasteiger partial charge on any atom is -0.492 e. The van der Waals surface area contributed by atoms with Crippen LogP contribution < -0.4 is 25.7 Å². The number of sulfonamides is 1. The molecule has 224 valence electrons. The lowest BCUT2D eigenvalue weighted by molar-refractivity contribution is -0.147. The molecule has 1 atom stereocenters. The molecule has 0 aliphatic heterocycles. The van der Waals surface area contributed by atoms with Crippen molar-refractivity contribution in [3.8, 4) is 11.5 Å². The van der Waals surface area contributed by atoms with Gasteiger partial charge in [0.25, 0.3) is 10.0 Å². The van der Waals surface area contributed by atoms with Crippen molar-refractivity contribution in [1.82, 2.24) is 25.3 Å². The number of benzene rings is 2. The number of thiazole rings is 1. The van der Waals surface area contributed by atoms with E-state index in [4.69, 9.17) is 29.8 Å². The minimum absolute atomic E-state index is 0.0328. The number of carbonyl (C=O) groups is 2. The van der Waals surface area contributed by atoms with Crippen molar-refractivity contribution in [2.45, 2.75) is 30.1 Å². The van der Waals surface area contributed by atoms with Gasteiger partial charge in [-0.25, -0.2) is 28.0 Å². The molecule has 15 nitrogen and oxygen atoms in total. The van der Waals surface area contributed by atoms with E-state index in [0.717, 1.165) is 16.9 Å². The fourth-order valence-electron chi connectivity index (χ4n) is 3.63. The second-order valence-electron chi connectivity index (χ2n) is 8.79. The van der Waals surface area contributed by atoms with Crippen LogP contribution in [0.2, 0.25) is 0 Å². The molecule has 4 rings (SSSR count). The minimum atomic E-state index is -3.90. The van der Waals surface area contributed by atoms with E-state index in [-0.39, 0.29) is 30.7 Å². The van der Waals surface area contributed by atoms with Crippen LogP contribution in [0.5, 0.6) is 11.5 Å². The molecule has 2 aromatic heterocycles. The van der Waals surface area contributed by atoms with E-state index < -0.39 is 27.9 Å². The second-order valence-corrected chi connectivity index (χ2v) is 11.6. The zero-order chi connectivity index (χ0) is 30.1. The number of amides is 1. The summed E-state index contributed by atoms with van der Waals surface area (Å²) in [6, 6.07) is 11.1. The van der Waals surface area contributed by atoms with Gasteiger partial charge in [-0.15, -0.1) is 16.4 Å². The van der Waals surface area contributed by atoms with Crippen LogP contribution in [0, 0.1) is 0 Å². The van der Waals surface area contributed by atoms with Crippen molar-refractivity contribution in [2.75, 3.05) is 26.9 Å². The van der Waals surface area contributed by atoms with E-state index >= 15 is 0 Å². The Balaban J connectivity index is 1.27. The van der Waals surface area contributed by atoms with Gasteiger partial charge in [0, 0.05) is 6.54 Å². The van der Waals surface area contributed by atoms with Gasteiger partial charge in [0.05, 0.1) is 36.7 Å². The van der Waals surface area contributed by atoms with Gasteiger partial charge < -0.3 is 30.0 Å². The SMILES string of the molecule is COC(=O)[C@H](COCc1cccc(OCCN)c1)NC(=O)Cn1cc(COc2ccc3nc(S(N)(=O)=O)sc3c2)nn1. The van der Waals surface area contributed by atoms with E-state index in [2.05, 4.69) is 20.6 Å². The molecule has 0 spiro atoms. The number of nitrogens with two attached hydrogens (primary N) is 2. The summed E-state index contributed by atoms with van der Waals surface area (Å²) < 4.78 is 46.4. The lowest BCUT2D eigenvalue weighted by Gasteiger charge is -2.17. The van der Waals surface area contributed by atoms with Gasteiger partial charge in [0.1, 0.15) is 37.0 Å². The molecule has 0 saturated carbocycles.